The van der Waals surface area contributed by atoms with Crippen LogP contribution in [-0.4, -0.2) is 25.5 Å². The van der Waals surface area contributed by atoms with E-state index in [0.717, 1.165) is 6.42 Å². The number of nitrogens with zero attached hydrogens (tertiary/aromatic N) is 1. The molecule has 0 spiro atoms. The molecule has 0 aromatic heterocycles. The van der Waals surface area contributed by atoms with Gasteiger partial charge in [-0.25, -0.2) is 8.78 Å². The van der Waals surface area contributed by atoms with Crippen molar-refractivity contribution in [3.8, 4) is 5.75 Å². The minimum atomic E-state index is -2.57. The minimum Gasteiger partial charge on any atom is -0.495 e. The molecular weight excluding hydrogens is 312 g/mol. The van der Waals surface area contributed by atoms with Gasteiger partial charge in [-0.15, -0.1) is 0 Å². The minimum absolute atomic E-state index is 0.0225. The van der Waals surface area contributed by atoms with Gasteiger partial charge in [0.05, 0.1) is 12.1 Å². The van der Waals surface area contributed by atoms with Crippen molar-refractivity contribution in [1.29, 1.82) is 0 Å². The van der Waals surface area contributed by atoms with Crippen molar-refractivity contribution in [2.45, 2.75) is 31.6 Å². The van der Waals surface area contributed by atoms with Gasteiger partial charge in [0.1, 0.15) is 5.75 Å². The number of alkyl halides is 2. The summed E-state index contributed by atoms with van der Waals surface area (Å²) in [6.07, 6.45) is 1.17. The lowest BCUT2D eigenvalue weighted by molar-refractivity contribution is -0.0507. The Hall–Kier alpha value is -1.56. The highest BCUT2D eigenvalue weighted by Gasteiger charge is 2.35. The topological polar surface area (TPSA) is 59.6 Å². The third-order valence-corrected chi connectivity index (χ3v) is 3.98. The molecule has 0 saturated heterocycles. The summed E-state index contributed by atoms with van der Waals surface area (Å²) >= 11 is 6.01. The van der Waals surface area contributed by atoms with Crippen molar-refractivity contribution in [3.63, 3.8) is 0 Å². The number of rotatable bonds is 4. The first kappa shape index (κ1) is 16.8. The van der Waals surface area contributed by atoms with E-state index in [1.807, 2.05) is 0 Å². The molecule has 0 heterocycles. The van der Waals surface area contributed by atoms with Gasteiger partial charge < -0.3 is 15.8 Å². The van der Waals surface area contributed by atoms with E-state index in [0.29, 0.717) is 29.4 Å². The fraction of sp³-hybridized carbons (Fsp3) is 0.533. The van der Waals surface area contributed by atoms with Crippen LogP contribution in [0, 0.1) is 5.92 Å². The molecule has 2 rings (SSSR count). The molecule has 122 valence electrons. The molecule has 0 bridgehead atoms. The highest BCUT2D eigenvalue weighted by atomic mass is 35.5. The van der Waals surface area contributed by atoms with Crippen molar-refractivity contribution in [2.75, 3.05) is 19.0 Å². The fourth-order valence-electron chi connectivity index (χ4n) is 2.59. The third-order valence-electron chi connectivity index (χ3n) is 3.69. The molecule has 7 heteroatoms. The average molecular weight is 332 g/mol. The number of hydrogen-bond donors (Lipinski definition) is 2. The van der Waals surface area contributed by atoms with E-state index in [1.54, 1.807) is 18.2 Å². The summed E-state index contributed by atoms with van der Waals surface area (Å²) in [5.41, 5.74) is 6.46. The largest absolute Gasteiger partial charge is 0.495 e. The van der Waals surface area contributed by atoms with Crippen LogP contribution in [0.5, 0.6) is 5.75 Å². The Morgan fingerprint density at radius 2 is 2.32 bits per heavy atom. The lowest BCUT2D eigenvalue weighted by Crippen LogP contribution is -2.29. The van der Waals surface area contributed by atoms with E-state index < -0.39 is 5.92 Å². The van der Waals surface area contributed by atoms with E-state index in [2.05, 4.69) is 10.3 Å². The number of guanidine groups is 1. The Kier molecular flexibility index (Phi) is 5.45. The van der Waals surface area contributed by atoms with Gasteiger partial charge in [0.15, 0.2) is 5.96 Å². The van der Waals surface area contributed by atoms with Crippen molar-refractivity contribution < 1.29 is 13.5 Å². The van der Waals surface area contributed by atoms with Crippen LogP contribution in [0.1, 0.15) is 25.7 Å². The fourth-order valence-corrected chi connectivity index (χ4v) is 2.85. The Balaban J connectivity index is 1.91. The Morgan fingerprint density at radius 1 is 1.55 bits per heavy atom. The van der Waals surface area contributed by atoms with Crippen LogP contribution >= 0.6 is 11.6 Å². The maximum atomic E-state index is 13.3. The maximum absolute atomic E-state index is 13.3. The number of anilines is 1. The molecular formula is C15H20ClF2N3O. The molecule has 0 aliphatic heterocycles. The molecule has 1 aromatic rings. The van der Waals surface area contributed by atoms with Gasteiger partial charge in [-0.05, 0) is 37.0 Å². The number of halogens is 3. The number of ether oxygens (including phenoxy) is 1. The van der Waals surface area contributed by atoms with Gasteiger partial charge in [-0.1, -0.05) is 11.6 Å². The average Bonchev–Trinajstić information content (AvgIpc) is 2.44. The molecule has 1 unspecified atom stereocenters. The number of hydrogen-bond acceptors (Lipinski definition) is 2. The summed E-state index contributed by atoms with van der Waals surface area (Å²) in [5, 5.41) is 3.35. The normalized spacial score (nSPS) is 21.5. The first-order valence-electron chi connectivity index (χ1n) is 7.18. The summed E-state index contributed by atoms with van der Waals surface area (Å²) in [7, 11) is 1.53. The van der Waals surface area contributed by atoms with Crippen LogP contribution < -0.4 is 15.8 Å². The highest BCUT2D eigenvalue weighted by molar-refractivity contribution is 6.32. The second-order valence-corrected chi connectivity index (χ2v) is 5.93. The lowest BCUT2D eigenvalue weighted by Gasteiger charge is -2.27. The Labute approximate surface area is 133 Å². The second-order valence-electron chi connectivity index (χ2n) is 5.52. The van der Waals surface area contributed by atoms with Crippen LogP contribution in [0.4, 0.5) is 14.5 Å². The Morgan fingerprint density at radius 3 is 2.95 bits per heavy atom. The van der Waals surface area contributed by atoms with Crippen LogP contribution in [0.3, 0.4) is 0 Å². The standard InChI is InChI=1S/C15H20ClF2N3O/c1-22-13-5-4-11(7-12(13)16)21-14(19)20-9-10-3-2-6-15(17,18)8-10/h4-5,7,10H,2-3,6,8-9H2,1H3,(H3,19,20,21). The number of nitrogens with one attached hydrogen (secondary N) is 1. The van der Waals surface area contributed by atoms with Gasteiger partial charge in [0, 0.05) is 25.1 Å². The zero-order valence-electron chi connectivity index (χ0n) is 12.4. The molecule has 0 radical (unpaired) electrons. The number of benzene rings is 1. The molecule has 0 amide bonds. The van der Waals surface area contributed by atoms with Crippen molar-refractivity contribution >= 4 is 23.2 Å². The van der Waals surface area contributed by atoms with Crippen LogP contribution in [0.2, 0.25) is 5.02 Å². The quantitative estimate of drug-likeness (QED) is 0.649. The molecule has 1 aliphatic rings. The van der Waals surface area contributed by atoms with Gasteiger partial charge in [-0.3, -0.25) is 4.99 Å². The molecule has 1 aromatic carbocycles. The molecule has 1 fully saturated rings. The first-order chi connectivity index (χ1) is 10.4. The van der Waals surface area contributed by atoms with Gasteiger partial charge in [-0.2, -0.15) is 0 Å². The molecule has 1 aliphatic carbocycles. The summed E-state index contributed by atoms with van der Waals surface area (Å²) < 4.78 is 31.7. The van der Waals surface area contributed by atoms with Crippen LogP contribution in [0.25, 0.3) is 0 Å². The summed E-state index contributed by atoms with van der Waals surface area (Å²) in [6.45, 7) is 0.304. The van der Waals surface area contributed by atoms with E-state index in [1.165, 1.54) is 7.11 Å². The molecule has 1 saturated carbocycles. The van der Waals surface area contributed by atoms with Crippen LogP contribution in [-0.2, 0) is 0 Å². The molecule has 1 atom stereocenters. The van der Waals surface area contributed by atoms with Crippen molar-refractivity contribution in [3.05, 3.63) is 23.2 Å². The number of nitrogens with two attached hydrogens (primary N) is 1. The number of methoxy groups -OCH3 is 1. The summed E-state index contributed by atoms with van der Waals surface area (Å²) in [5.74, 6) is -1.93. The SMILES string of the molecule is COc1ccc(NC(N)=NCC2CCCC(F)(F)C2)cc1Cl. The third kappa shape index (κ3) is 4.73. The van der Waals surface area contributed by atoms with E-state index >= 15 is 0 Å². The molecule has 3 N–H and O–H groups in total. The summed E-state index contributed by atoms with van der Waals surface area (Å²) in [4.78, 5) is 4.16. The predicted molar refractivity (Wildman–Crippen MR) is 85.0 cm³/mol. The van der Waals surface area contributed by atoms with Crippen molar-refractivity contribution in [1.82, 2.24) is 0 Å². The smallest absolute Gasteiger partial charge is 0.248 e. The van der Waals surface area contributed by atoms with E-state index in [-0.39, 0.29) is 24.7 Å². The lowest BCUT2D eigenvalue weighted by atomic mass is 9.87. The number of aliphatic imine (C=N–C) groups is 1. The van der Waals surface area contributed by atoms with Gasteiger partial charge in [0.2, 0.25) is 5.92 Å². The zero-order valence-corrected chi connectivity index (χ0v) is 13.2. The molecule has 4 nitrogen and oxygen atoms in total. The van der Waals surface area contributed by atoms with Gasteiger partial charge >= 0.3 is 0 Å². The van der Waals surface area contributed by atoms with Crippen LogP contribution in [0.15, 0.2) is 23.2 Å². The van der Waals surface area contributed by atoms with E-state index in [9.17, 15) is 8.78 Å². The Bertz CT molecular complexity index is 552. The summed E-state index contributed by atoms with van der Waals surface area (Å²) in [6, 6.07) is 5.12. The monoisotopic (exact) mass is 331 g/mol. The molecule has 22 heavy (non-hydrogen) atoms. The van der Waals surface area contributed by atoms with E-state index in [4.69, 9.17) is 22.1 Å². The second kappa shape index (κ2) is 7.13. The first-order valence-corrected chi connectivity index (χ1v) is 7.56. The maximum Gasteiger partial charge on any atom is 0.248 e. The van der Waals surface area contributed by atoms with Gasteiger partial charge in [0.25, 0.3) is 0 Å². The predicted octanol–water partition coefficient (Wildman–Crippen LogP) is 3.90. The highest BCUT2D eigenvalue weighted by Crippen LogP contribution is 2.36. The van der Waals surface area contributed by atoms with Crippen molar-refractivity contribution in [2.24, 2.45) is 16.6 Å². The zero-order chi connectivity index (χ0) is 16.2.